The molecule has 138 valence electrons. The fourth-order valence-electron chi connectivity index (χ4n) is 3.95. The molecule has 0 aromatic carbocycles. The van der Waals surface area contributed by atoms with Gasteiger partial charge in [-0.25, -0.2) is 4.98 Å². The number of amides is 1. The van der Waals surface area contributed by atoms with Crippen molar-refractivity contribution in [3.8, 4) is 5.88 Å². The van der Waals surface area contributed by atoms with Crippen LogP contribution in [-0.2, 0) is 0 Å². The smallest absolute Gasteiger partial charge is 0.261 e. The topological polar surface area (TPSA) is 54.5 Å². The molecule has 3 aliphatic rings. The van der Waals surface area contributed by atoms with Crippen LogP contribution in [0.5, 0.6) is 5.88 Å². The van der Waals surface area contributed by atoms with Crippen LogP contribution in [0.25, 0.3) is 0 Å². The highest BCUT2D eigenvalue weighted by molar-refractivity contribution is 8.01. The van der Waals surface area contributed by atoms with Crippen molar-refractivity contribution in [2.45, 2.75) is 41.0 Å². The second kappa shape index (κ2) is 7.58. The highest BCUT2D eigenvalue weighted by Crippen LogP contribution is 2.35. The third kappa shape index (κ3) is 3.61. The summed E-state index contributed by atoms with van der Waals surface area (Å²) in [5.41, 5.74) is 0. The minimum Gasteiger partial charge on any atom is -0.481 e. The maximum atomic E-state index is 12.7. The van der Waals surface area contributed by atoms with Gasteiger partial charge in [0, 0.05) is 29.2 Å². The van der Waals surface area contributed by atoms with E-state index in [0.29, 0.717) is 17.8 Å². The number of thiophene rings is 1. The Bertz CT molecular complexity index is 785. The molecule has 2 aromatic heterocycles. The first-order chi connectivity index (χ1) is 12.6. The summed E-state index contributed by atoms with van der Waals surface area (Å²) >= 11 is 3.16. The van der Waals surface area contributed by atoms with E-state index < -0.39 is 0 Å². The average Bonchev–Trinajstić information content (AvgIpc) is 3.13. The quantitative estimate of drug-likeness (QED) is 0.848. The molecule has 3 fully saturated rings. The molecule has 26 heavy (non-hydrogen) atoms. The molecule has 0 radical (unpaired) electrons. The maximum Gasteiger partial charge on any atom is 0.261 e. The van der Waals surface area contributed by atoms with Crippen LogP contribution in [0.15, 0.2) is 39.6 Å². The van der Waals surface area contributed by atoms with Gasteiger partial charge in [-0.15, -0.1) is 11.3 Å². The molecule has 5 rings (SSSR count). The molecule has 0 spiro atoms. The zero-order valence-electron chi connectivity index (χ0n) is 15.0. The lowest BCUT2D eigenvalue weighted by Gasteiger charge is -2.49. The molecular weight excluding hydrogens is 366 g/mol. The molecule has 1 N–H and O–H groups in total. The van der Waals surface area contributed by atoms with E-state index in [1.165, 1.54) is 37.3 Å². The van der Waals surface area contributed by atoms with Crippen LogP contribution in [0.3, 0.4) is 0 Å². The first kappa shape index (κ1) is 17.8. The van der Waals surface area contributed by atoms with E-state index in [2.05, 4.69) is 22.1 Å². The van der Waals surface area contributed by atoms with Crippen molar-refractivity contribution in [1.82, 2.24) is 15.2 Å². The van der Waals surface area contributed by atoms with Crippen LogP contribution in [0.2, 0.25) is 0 Å². The zero-order valence-corrected chi connectivity index (χ0v) is 16.6. The Morgan fingerprint density at radius 3 is 2.88 bits per heavy atom. The van der Waals surface area contributed by atoms with E-state index >= 15 is 0 Å². The summed E-state index contributed by atoms with van der Waals surface area (Å²) in [4.78, 5) is 21.2. The summed E-state index contributed by atoms with van der Waals surface area (Å²) in [5.74, 6) is 1.28. The molecule has 5 nitrogen and oxygen atoms in total. The molecule has 3 aliphatic heterocycles. The van der Waals surface area contributed by atoms with E-state index in [0.717, 1.165) is 14.0 Å². The lowest BCUT2D eigenvalue weighted by molar-refractivity contribution is 0.0218. The normalized spacial score (nSPS) is 27.3. The van der Waals surface area contributed by atoms with Gasteiger partial charge in [0.1, 0.15) is 0 Å². The van der Waals surface area contributed by atoms with Gasteiger partial charge in [-0.3, -0.25) is 9.69 Å². The number of piperidine rings is 3. The number of ether oxygens (including phenoxy) is 1. The van der Waals surface area contributed by atoms with Gasteiger partial charge in [0.25, 0.3) is 5.91 Å². The zero-order chi connectivity index (χ0) is 18.1. The number of methoxy groups -OCH3 is 1. The minimum atomic E-state index is 0.0553. The van der Waals surface area contributed by atoms with Crippen LogP contribution in [-0.4, -0.2) is 48.1 Å². The highest BCUT2D eigenvalue weighted by atomic mass is 32.2. The Morgan fingerprint density at radius 2 is 2.15 bits per heavy atom. The number of rotatable bonds is 5. The summed E-state index contributed by atoms with van der Waals surface area (Å²) in [7, 11) is 1.61. The van der Waals surface area contributed by atoms with Gasteiger partial charge in [-0.2, -0.15) is 0 Å². The highest BCUT2D eigenvalue weighted by Gasteiger charge is 2.40. The molecule has 2 aromatic rings. The van der Waals surface area contributed by atoms with Crippen LogP contribution < -0.4 is 10.1 Å². The summed E-state index contributed by atoms with van der Waals surface area (Å²) in [6, 6.07) is 8.49. The van der Waals surface area contributed by atoms with Gasteiger partial charge in [-0.05, 0) is 57.0 Å². The lowest BCUT2D eigenvalue weighted by atomic mass is 9.79. The number of pyridine rings is 1. The van der Waals surface area contributed by atoms with Gasteiger partial charge in [-0.1, -0.05) is 11.8 Å². The second-order valence-electron chi connectivity index (χ2n) is 6.87. The fraction of sp³-hybridized carbons (Fsp3) is 0.474. The standard InChI is InChI=1S/C19H23N3O2S2/c1-12-18(13-6-9-22(12)10-7-13)21-19(23)15-3-4-17(26-15)25-14-5-8-20-16(11-14)24-2/h3-5,8,11-13,18H,6-7,9-10H2,1-2H3,(H,21,23). The molecule has 7 heteroatoms. The molecule has 1 amide bonds. The van der Waals surface area contributed by atoms with Crippen molar-refractivity contribution in [3.05, 3.63) is 35.3 Å². The first-order valence-corrected chi connectivity index (χ1v) is 10.6. The average molecular weight is 390 g/mol. The van der Waals surface area contributed by atoms with Crippen molar-refractivity contribution in [2.75, 3.05) is 20.2 Å². The predicted octanol–water partition coefficient (Wildman–Crippen LogP) is 3.52. The van der Waals surface area contributed by atoms with Crippen LogP contribution in [0.1, 0.15) is 29.4 Å². The summed E-state index contributed by atoms with van der Waals surface area (Å²) in [5, 5.41) is 3.30. The number of fused-ring (bicyclic) bond motifs is 3. The molecule has 0 saturated carbocycles. The third-order valence-electron chi connectivity index (χ3n) is 5.41. The summed E-state index contributed by atoms with van der Waals surface area (Å²) in [6.45, 7) is 4.59. The second-order valence-corrected chi connectivity index (χ2v) is 9.33. The monoisotopic (exact) mass is 389 g/mol. The predicted molar refractivity (Wildman–Crippen MR) is 104 cm³/mol. The molecular formula is C19H23N3O2S2. The van der Waals surface area contributed by atoms with Crippen LogP contribution in [0.4, 0.5) is 0 Å². The number of hydrogen-bond acceptors (Lipinski definition) is 6. The summed E-state index contributed by atoms with van der Waals surface area (Å²) < 4.78 is 6.25. The van der Waals surface area contributed by atoms with Gasteiger partial charge >= 0.3 is 0 Å². The first-order valence-electron chi connectivity index (χ1n) is 8.96. The number of aromatic nitrogens is 1. The molecule has 2 bridgehead atoms. The molecule has 2 unspecified atom stereocenters. The van der Waals surface area contributed by atoms with E-state index in [9.17, 15) is 4.79 Å². The van der Waals surface area contributed by atoms with Crippen LogP contribution >= 0.6 is 23.1 Å². The molecule has 2 atom stereocenters. The van der Waals surface area contributed by atoms with Crippen molar-refractivity contribution in [2.24, 2.45) is 5.92 Å². The Labute approximate surface area is 162 Å². The van der Waals surface area contributed by atoms with Gasteiger partial charge in [0.2, 0.25) is 5.88 Å². The van der Waals surface area contributed by atoms with E-state index in [-0.39, 0.29) is 11.9 Å². The van der Waals surface area contributed by atoms with Gasteiger partial charge in [0.15, 0.2) is 0 Å². The molecule has 0 aliphatic carbocycles. The Kier molecular flexibility index (Phi) is 5.20. The minimum absolute atomic E-state index is 0.0553. The SMILES string of the molecule is COc1cc(Sc2ccc(C(=O)NC3C4CCN(CC4)C3C)s2)ccn1. The van der Waals surface area contributed by atoms with E-state index in [4.69, 9.17) is 4.74 Å². The van der Waals surface area contributed by atoms with Crippen molar-refractivity contribution < 1.29 is 9.53 Å². The number of carbonyl (C=O) groups is 1. The molecule has 5 heterocycles. The Balaban J connectivity index is 1.41. The van der Waals surface area contributed by atoms with E-state index in [1.807, 2.05) is 24.3 Å². The summed E-state index contributed by atoms with van der Waals surface area (Å²) in [6.07, 6.45) is 4.13. The van der Waals surface area contributed by atoms with Gasteiger partial charge in [0.05, 0.1) is 16.2 Å². The number of hydrogen-bond donors (Lipinski definition) is 1. The maximum absolute atomic E-state index is 12.7. The number of nitrogens with one attached hydrogen (secondary N) is 1. The van der Waals surface area contributed by atoms with E-state index in [1.54, 1.807) is 25.1 Å². The van der Waals surface area contributed by atoms with Crippen LogP contribution in [0, 0.1) is 5.92 Å². The third-order valence-corrected chi connectivity index (χ3v) is 7.62. The van der Waals surface area contributed by atoms with Crippen molar-refractivity contribution in [1.29, 1.82) is 0 Å². The largest absolute Gasteiger partial charge is 0.481 e. The lowest BCUT2D eigenvalue weighted by Crippen LogP contribution is -2.62. The molecule has 3 saturated heterocycles. The van der Waals surface area contributed by atoms with Crippen molar-refractivity contribution >= 4 is 29.0 Å². The fourth-order valence-corrected chi connectivity index (χ4v) is 5.97. The van der Waals surface area contributed by atoms with Gasteiger partial charge < -0.3 is 10.1 Å². The number of carbonyl (C=O) groups excluding carboxylic acids is 1. The Hall–Kier alpha value is -1.57. The Morgan fingerprint density at radius 1 is 1.35 bits per heavy atom. The number of nitrogens with zero attached hydrogens (tertiary/aromatic N) is 2. The van der Waals surface area contributed by atoms with Crippen molar-refractivity contribution in [3.63, 3.8) is 0 Å².